The quantitative estimate of drug-likeness (QED) is 0.285. The van der Waals surface area contributed by atoms with Crippen molar-refractivity contribution in [1.29, 1.82) is 0 Å². The largest absolute Gasteiger partial charge is 0.107 e. The highest BCUT2D eigenvalue weighted by Crippen LogP contribution is 2.16. The summed E-state index contributed by atoms with van der Waals surface area (Å²) in [5, 5.41) is 0. The normalized spacial score (nSPS) is 8.72. The summed E-state index contributed by atoms with van der Waals surface area (Å²) < 4.78 is 0. The van der Waals surface area contributed by atoms with Gasteiger partial charge < -0.3 is 0 Å². The molecule has 0 spiro atoms. The van der Waals surface area contributed by atoms with Crippen molar-refractivity contribution in [3.8, 4) is 71.0 Å². The van der Waals surface area contributed by atoms with Crippen LogP contribution in [0.5, 0.6) is 0 Å². The van der Waals surface area contributed by atoms with Gasteiger partial charge in [0.2, 0.25) is 0 Å². The van der Waals surface area contributed by atoms with Crippen LogP contribution in [-0.4, -0.2) is 0 Å². The third-order valence-corrected chi connectivity index (χ3v) is 5.71. The van der Waals surface area contributed by atoms with Gasteiger partial charge in [-0.2, -0.15) is 0 Å². The van der Waals surface area contributed by atoms with Crippen LogP contribution in [0.1, 0.15) is 145 Å². The van der Waals surface area contributed by atoms with Crippen molar-refractivity contribution in [3.05, 3.63) is 101 Å². The second-order valence-electron chi connectivity index (χ2n) is 11.7. The van der Waals surface area contributed by atoms with Gasteiger partial charge in [-0.05, 0) is 126 Å². The molecule has 0 bridgehead atoms. The minimum Gasteiger partial charge on any atom is -0.107 e. The smallest absolute Gasteiger partial charge is 0.0245 e. The first-order valence-corrected chi connectivity index (χ1v) is 17.5. The standard InChI is InChI=1S/C14H20.C14H18.2C6H8.C6H6.C4H6/c2*1-11(2)5-6-13-7-9-14(10-8-13)12(3)4;3*1-3-5-6-4-2;1-3-4-2/h5-12H,1-4H3;7-12H,1-4H3;2*3,5H,1-2H3;1-2H3;1-2H3/b6-5+;;;;;. The maximum absolute atomic E-state index is 3.16. The van der Waals surface area contributed by atoms with Crippen LogP contribution in [-0.2, 0) is 0 Å². The zero-order valence-corrected chi connectivity index (χ0v) is 34.4. The molecule has 0 aliphatic heterocycles. The lowest BCUT2D eigenvalue weighted by molar-refractivity contribution is 0.836. The molecule has 0 unspecified atom stereocenters. The van der Waals surface area contributed by atoms with Crippen LogP contribution < -0.4 is 0 Å². The first-order valence-electron chi connectivity index (χ1n) is 17.5. The fourth-order valence-corrected chi connectivity index (χ4v) is 2.93. The molecule has 0 amide bonds. The monoisotopic (exact) mass is 667 g/mol. The lowest BCUT2D eigenvalue weighted by Crippen LogP contribution is -1.86. The summed E-state index contributed by atoms with van der Waals surface area (Å²) in [7, 11) is 0. The van der Waals surface area contributed by atoms with Crippen LogP contribution in [0.4, 0.5) is 0 Å². The molecule has 0 radical (unpaired) electrons. The van der Waals surface area contributed by atoms with Gasteiger partial charge in [-0.3, -0.25) is 0 Å². The summed E-state index contributed by atoms with van der Waals surface area (Å²) in [5.74, 6) is 35.4. The minimum absolute atomic E-state index is 0.444. The van der Waals surface area contributed by atoms with Crippen LogP contribution in [0, 0.1) is 82.9 Å². The van der Waals surface area contributed by atoms with Crippen LogP contribution in [0.25, 0.3) is 6.08 Å². The Labute approximate surface area is 311 Å². The third kappa shape index (κ3) is 41.0. The number of hydrogen-bond acceptors (Lipinski definition) is 0. The lowest BCUT2D eigenvalue weighted by Gasteiger charge is -2.04. The highest BCUT2D eigenvalue weighted by molar-refractivity contribution is 5.50. The van der Waals surface area contributed by atoms with Gasteiger partial charge in [0.15, 0.2) is 0 Å². The molecule has 0 aromatic heterocycles. The molecule has 0 N–H and O–H groups in total. The second kappa shape index (κ2) is 40.2. The van der Waals surface area contributed by atoms with E-state index >= 15 is 0 Å². The van der Waals surface area contributed by atoms with Crippen LogP contribution in [0.15, 0.2) is 78.9 Å². The van der Waals surface area contributed by atoms with Crippen molar-refractivity contribution in [3.63, 3.8) is 0 Å². The summed E-state index contributed by atoms with van der Waals surface area (Å²) in [6.45, 7) is 32.2. The molecular formula is C50H66. The molecule has 0 nitrogen and oxygen atoms in total. The van der Waals surface area contributed by atoms with E-state index in [1.54, 1.807) is 13.8 Å². The van der Waals surface area contributed by atoms with Gasteiger partial charge in [0.25, 0.3) is 0 Å². The Kier molecular flexibility index (Phi) is 41.7. The number of rotatable bonds is 4. The zero-order valence-electron chi connectivity index (χ0n) is 34.4. The molecule has 0 aliphatic rings. The van der Waals surface area contributed by atoms with Crippen LogP contribution >= 0.6 is 0 Å². The summed E-state index contributed by atoms with van der Waals surface area (Å²) >= 11 is 0. The number of hydrogen-bond donors (Lipinski definition) is 0. The molecule has 0 saturated heterocycles. The molecule has 0 heteroatoms. The fourth-order valence-electron chi connectivity index (χ4n) is 2.93. The Hall–Kier alpha value is -4.98. The van der Waals surface area contributed by atoms with E-state index in [1.807, 2.05) is 65.8 Å². The van der Waals surface area contributed by atoms with E-state index in [2.05, 4.69) is 187 Å². The first-order chi connectivity index (χ1) is 23.8. The first kappa shape index (κ1) is 51.8. The third-order valence-electron chi connectivity index (χ3n) is 5.71. The van der Waals surface area contributed by atoms with Gasteiger partial charge in [-0.25, -0.2) is 0 Å². The van der Waals surface area contributed by atoms with Crippen molar-refractivity contribution < 1.29 is 0 Å². The van der Waals surface area contributed by atoms with E-state index in [4.69, 9.17) is 0 Å². The topological polar surface area (TPSA) is 0 Å². The van der Waals surface area contributed by atoms with E-state index in [9.17, 15) is 0 Å². The van der Waals surface area contributed by atoms with Gasteiger partial charge in [0.05, 0.1) is 0 Å². The summed E-state index contributed by atoms with van der Waals surface area (Å²) in [6, 6.07) is 17.3. The van der Waals surface area contributed by atoms with Gasteiger partial charge in [0, 0.05) is 11.5 Å². The van der Waals surface area contributed by atoms with Gasteiger partial charge >= 0.3 is 0 Å². The van der Waals surface area contributed by atoms with Crippen molar-refractivity contribution in [1.82, 2.24) is 0 Å². The Balaban J connectivity index is -0.000000272. The van der Waals surface area contributed by atoms with Crippen molar-refractivity contribution in [2.45, 2.75) is 123 Å². The summed E-state index contributed by atoms with van der Waals surface area (Å²) in [6.07, 6.45) is 11.9. The molecule has 0 saturated carbocycles. The average Bonchev–Trinajstić information content (AvgIpc) is 3.11. The zero-order chi connectivity index (χ0) is 39.0. The van der Waals surface area contributed by atoms with Gasteiger partial charge in [-0.1, -0.05) is 152 Å². The summed E-state index contributed by atoms with van der Waals surface area (Å²) in [5.41, 5.74) is 5.19. The molecular weight excluding hydrogens is 601 g/mol. The van der Waals surface area contributed by atoms with Crippen molar-refractivity contribution in [2.24, 2.45) is 11.8 Å². The molecule has 0 heterocycles. The Morgan fingerprint density at radius 2 is 0.900 bits per heavy atom. The van der Waals surface area contributed by atoms with Gasteiger partial charge in [0.1, 0.15) is 0 Å². The Morgan fingerprint density at radius 1 is 0.500 bits per heavy atom. The predicted octanol–water partition coefficient (Wildman–Crippen LogP) is 13.5. The van der Waals surface area contributed by atoms with E-state index in [0.717, 1.165) is 5.56 Å². The fraction of sp³-hybridized carbons (Fsp3) is 0.400. The second-order valence-corrected chi connectivity index (χ2v) is 11.7. The molecule has 266 valence electrons. The Morgan fingerprint density at radius 3 is 1.16 bits per heavy atom. The number of benzene rings is 2. The maximum Gasteiger partial charge on any atom is 0.0245 e. The summed E-state index contributed by atoms with van der Waals surface area (Å²) in [4.78, 5) is 0. The maximum atomic E-state index is 3.16. The van der Waals surface area contributed by atoms with Crippen LogP contribution in [0.2, 0.25) is 0 Å². The van der Waals surface area contributed by atoms with E-state index < -0.39 is 0 Å². The predicted molar refractivity (Wildman–Crippen MR) is 229 cm³/mol. The van der Waals surface area contributed by atoms with E-state index in [0.29, 0.717) is 23.7 Å². The Bertz CT molecular complexity index is 1510. The van der Waals surface area contributed by atoms with Crippen molar-refractivity contribution >= 4 is 6.08 Å². The van der Waals surface area contributed by atoms with E-state index in [1.165, 1.54) is 16.7 Å². The van der Waals surface area contributed by atoms with E-state index in [-0.39, 0.29) is 0 Å². The molecule has 0 aliphatic carbocycles. The average molecular weight is 667 g/mol. The minimum atomic E-state index is 0.444. The van der Waals surface area contributed by atoms with Crippen molar-refractivity contribution in [2.75, 3.05) is 0 Å². The molecule has 2 aromatic rings. The molecule has 50 heavy (non-hydrogen) atoms. The SMILES string of the molecule is CC#CC.CC#CC#CC.CC#CC=CC.CC#CC=CC.CC(C)/C=C/c1ccc(C(C)C)cc1.CC(C)C#Cc1ccc(C(C)C)cc1. The molecule has 0 atom stereocenters. The van der Waals surface area contributed by atoms with Crippen LogP contribution in [0.3, 0.4) is 0 Å². The lowest BCUT2D eigenvalue weighted by atomic mass is 10.0. The highest BCUT2D eigenvalue weighted by Gasteiger charge is 1.98. The molecule has 2 rings (SSSR count). The molecule has 2 aromatic carbocycles. The highest BCUT2D eigenvalue weighted by atomic mass is 14.0. The molecule has 0 fully saturated rings. The number of allylic oxidation sites excluding steroid dienone is 5. The van der Waals surface area contributed by atoms with Gasteiger partial charge in [-0.15, -0.1) is 23.7 Å².